The molecule has 0 unspecified atom stereocenters. The van der Waals surface area contributed by atoms with Gasteiger partial charge in [-0.3, -0.25) is 4.79 Å². The van der Waals surface area contributed by atoms with E-state index in [1.807, 2.05) is 6.92 Å². The van der Waals surface area contributed by atoms with E-state index in [0.717, 1.165) is 0 Å². The number of rotatable bonds is 13. The summed E-state index contributed by atoms with van der Waals surface area (Å²) >= 11 is 0. The highest BCUT2D eigenvalue weighted by molar-refractivity contribution is 6.01. The van der Waals surface area contributed by atoms with Crippen molar-refractivity contribution < 1.29 is 19.4 Å². The van der Waals surface area contributed by atoms with Crippen LogP contribution >= 0.6 is 0 Å². The van der Waals surface area contributed by atoms with Crippen LogP contribution in [0.25, 0.3) is 20.9 Å². The van der Waals surface area contributed by atoms with E-state index in [-0.39, 0.29) is 24.8 Å². The molecule has 1 heterocycles. The zero-order valence-electron chi connectivity index (χ0n) is 22.6. The van der Waals surface area contributed by atoms with Crippen LogP contribution in [-0.2, 0) is 16.0 Å². The second kappa shape index (κ2) is 13.9. The number of benzene rings is 3. The molecule has 41 heavy (non-hydrogen) atoms. The van der Waals surface area contributed by atoms with Crippen LogP contribution in [0.1, 0.15) is 42.6 Å². The molecule has 0 bridgehead atoms. The zero-order chi connectivity index (χ0) is 29.1. The Labute approximate surface area is 236 Å². The van der Waals surface area contributed by atoms with Crippen LogP contribution in [0.15, 0.2) is 88.0 Å². The van der Waals surface area contributed by atoms with Gasteiger partial charge >= 0.3 is 0 Å². The third kappa shape index (κ3) is 6.59. The number of amides is 1. The number of carbonyl (C=O) groups is 1. The molecule has 0 radical (unpaired) electrons. The van der Waals surface area contributed by atoms with Gasteiger partial charge in [0.25, 0.3) is 5.91 Å². The fraction of sp³-hybridized carbons (Fsp3) is 0.310. The average molecular weight is 555 g/mol. The molecule has 1 aliphatic rings. The molecule has 1 aliphatic heterocycles. The van der Waals surface area contributed by atoms with E-state index < -0.39 is 11.6 Å². The molecule has 12 nitrogen and oxygen atoms in total. The van der Waals surface area contributed by atoms with E-state index in [2.05, 4.69) is 25.4 Å². The van der Waals surface area contributed by atoms with Crippen LogP contribution in [0.4, 0.5) is 11.4 Å². The standard InChI is InChI=1S/C29H30N8O4/c1-2-16-32-28(39)29(19-21-8-3-5-10-24(21)34-36-30)26(23-9-4-6-11-25(23)35-37-31)41-27(33-29)20-12-14-22(15-13-20)40-18-7-17-38/h3-6,8-15,26,38H,2,7,16-19H2,1H3,(H,32,39)/t26-,29-/m1/s1. The molecule has 0 aliphatic carbocycles. The predicted octanol–water partition coefficient (Wildman–Crippen LogP) is 6.36. The Balaban J connectivity index is 1.87. The van der Waals surface area contributed by atoms with Gasteiger partial charge < -0.3 is 19.9 Å². The van der Waals surface area contributed by atoms with Gasteiger partial charge in [0.1, 0.15) is 5.75 Å². The Morgan fingerprint density at radius 1 is 1.05 bits per heavy atom. The second-order valence-electron chi connectivity index (χ2n) is 9.29. The molecule has 0 saturated carbocycles. The van der Waals surface area contributed by atoms with Crippen molar-refractivity contribution >= 4 is 23.2 Å². The Hall–Kier alpha value is -5.02. The van der Waals surface area contributed by atoms with Crippen LogP contribution in [0, 0.1) is 0 Å². The molecule has 2 N–H and O–H groups in total. The number of aliphatic imine (C=N–C) groups is 1. The lowest BCUT2D eigenvalue weighted by molar-refractivity contribution is -0.128. The van der Waals surface area contributed by atoms with Crippen molar-refractivity contribution in [3.63, 3.8) is 0 Å². The highest BCUT2D eigenvalue weighted by atomic mass is 16.5. The van der Waals surface area contributed by atoms with Gasteiger partial charge in [-0.15, -0.1) is 0 Å². The summed E-state index contributed by atoms with van der Waals surface area (Å²) in [6.45, 7) is 2.76. The quantitative estimate of drug-likeness (QED) is 0.108. The zero-order valence-corrected chi connectivity index (χ0v) is 22.6. The SMILES string of the molecule is CCCNC(=O)[C@]1(Cc2ccccc2N=[N+]=[N-])N=C(c2ccc(OCCCO)cc2)O[C@@H]1c1ccccc1N=[N+]=[N-]. The van der Waals surface area contributed by atoms with Gasteiger partial charge in [0.15, 0.2) is 11.6 Å². The maximum absolute atomic E-state index is 14.1. The number of nitrogens with zero attached hydrogens (tertiary/aromatic N) is 7. The number of ether oxygens (including phenoxy) is 2. The van der Waals surface area contributed by atoms with Crippen molar-refractivity contribution in [2.75, 3.05) is 19.8 Å². The summed E-state index contributed by atoms with van der Waals surface area (Å²) in [5, 5.41) is 19.7. The first-order valence-corrected chi connectivity index (χ1v) is 13.2. The van der Waals surface area contributed by atoms with E-state index in [0.29, 0.717) is 59.8 Å². The molecule has 0 spiro atoms. The number of carbonyl (C=O) groups excluding carboxylic acids is 1. The van der Waals surface area contributed by atoms with Crippen LogP contribution in [-0.4, -0.2) is 42.2 Å². The van der Waals surface area contributed by atoms with Gasteiger partial charge in [0.2, 0.25) is 5.90 Å². The number of azide groups is 2. The topological polar surface area (TPSA) is 178 Å². The van der Waals surface area contributed by atoms with Gasteiger partial charge in [-0.25, -0.2) is 4.99 Å². The van der Waals surface area contributed by atoms with Crippen LogP contribution < -0.4 is 10.1 Å². The Morgan fingerprint density at radius 3 is 2.44 bits per heavy atom. The molecule has 3 aromatic rings. The minimum absolute atomic E-state index is 0.0342. The molecular formula is C29H30N8O4. The van der Waals surface area contributed by atoms with Crippen LogP contribution in [0.5, 0.6) is 5.75 Å². The first-order chi connectivity index (χ1) is 20.1. The van der Waals surface area contributed by atoms with Crippen molar-refractivity contribution in [3.8, 4) is 5.75 Å². The van der Waals surface area contributed by atoms with Gasteiger partial charge in [0, 0.05) is 58.3 Å². The molecule has 1 amide bonds. The summed E-state index contributed by atoms with van der Waals surface area (Å²) in [7, 11) is 0. The summed E-state index contributed by atoms with van der Waals surface area (Å²) < 4.78 is 12.1. The second-order valence-corrected chi connectivity index (χ2v) is 9.29. The van der Waals surface area contributed by atoms with Crippen molar-refractivity contribution in [3.05, 3.63) is 110 Å². The molecule has 0 aromatic heterocycles. The van der Waals surface area contributed by atoms with Gasteiger partial charge in [-0.05, 0) is 47.3 Å². The fourth-order valence-electron chi connectivity index (χ4n) is 4.60. The van der Waals surface area contributed by atoms with E-state index >= 15 is 0 Å². The summed E-state index contributed by atoms with van der Waals surface area (Å²) in [6, 6.07) is 21.0. The number of nitrogens with one attached hydrogen (secondary N) is 1. The molecule has 0 fully saturated rings. The summed E-state index contributed by atoms with van der Waals surface area (Å²) in [5.74, 6) is 0.455. The summed E-state index contributed by atoms with van der Waals surface area (Å²) in [4.78, 5) is 24.9. The van der Waals surface area contributed by atoms with Crippen molar-refractivity contribution in [1.29, 1.82) is 0 Å². The minimum Gasteiger partial charge on any atom is -0.494 e. The Morgan fingerprint density at radius 2 is 1.73 bits per heavy atom. The fourth-order valence-corrected chi connectivity index (χ4v) is 4.60. The molecule has 3 aromatic carbocycles. The molecule has 210 valence electrons. The van der Waals surface area contributed by atoms with Crippen LogP contribution in [0.3, 0.4) is 0 Å². The van der Waals surface area contributed by atoms with E-state index in [9.17, 15) is 10.3 Å². The predicted molar refractivity (Wildman–Crippen MR) is 154 cm³/mol. The lowest BCUT2D eigenvalue weighted by atomic mass is 9.81. The van der Waals surface area contributed by atoms with E-state index in [4.69, 9.17) is 25.1 Å². The lowest BCUT2D eigenvalue weighted by Crippen LogP contribution is -2.50. The van der Waals surface area contributed by atoms with Crippen molar-refractivity contribution in [1.82, 2.24) is 5.32 Å². The smallest absolute Gasteiger partial charge is 0.252 e. The minimum atomic E-state index is -1.54. The molecule has 0 saturated heterocycles. The van der Waals surface area contributed by atoms with Gasteiger partial charge in [-0.2, -0.15) is 0 Å². The number of aliphatic hydroxyl groups is 1. The molecular weight excluding hydrogens is 524 g/mol. The maximum atomic E-state index is 14.1. The van der Waals surface area contributed by atoms with E-state index in [1.165, 1.54) is 0 Å². The average Bonchev–Trinajstić information content (AvgIpc) is 3.38. The monoisotopic (exact) mass is 554 g/mol. The third-order valence-electron chi connectivity index (χ3n) is 6.54. The van der Waals surface area contributed by atoms with Gasteiger partial charge in [-0.1, -0.05) is 65.7 Å². The summed E-state index contributed by atoms with van der Waals surface area (Å²) in [6.07, 6.45) is 0.275. The largest absolute Gasteiger partial charge is 0.494 e. The number of hydrogen-bond donors (Lipinski definition) is 2. The lowest BCUT2D eigenvalue weighted by Gasteiger charge is -2.31. The Bertz CT molecular complexity index is 1500. The highest BCUT2D eigenvalue weighted by Gasteiger charge is 2.54. The van der Waals surface area contributed by atoms with Crippen molar-refractivity contribution in [2.24, 2.45) is 15.2 Å². The Kier molecular flexibility index (Phi) is 9.80. The first kappa shape index (κ1) is 29.0. The number of hydrogen-bond acceptors (Lipinski definition) is 7. The number of aliphatic hydroxyl groups excluding tert-OH is 1. The van der Waals surface area contributed by atoms with E-state index in [1.54, 1.807) is 72.8 Å². The summed E-state index contributed by atoms with van der Waals surface area (Å²) in [5.41, 5.74) is 19.2. The maximum Gasteiger partial charge on any atom is 0.252 e. The van der Waals surface area contributed by atoms with Gasteiger partial charge in [0.05, 0.1) is 6.61 Å². The van der Waals surface area contributed by atoms with Crippen molar-refractivity contribution in [2.45, 2.75) is 37.8 Å². The van der Waals surface area contributed by atoms with Crippen LogP contribution in [0.2, 0.25) is 0 Å². The highest BCUT2D eigenvalue weighted by Crippen LogP contribution is 2.46. The third-order valence-corrected chi connectivity index (χ3v) is 6.54. The molecule has 2 atom stereocenters. The molecule has 12 heteroatoms. The molecule has 4 rings (SSSR count). The normalized spacial score (nSPS) is 17.4. The first-order valence-electron chi connectivity index (χ1n) is 13.2.